The second-order valence-corrected chi connectivity index (χ2v) is 11.6. The molecule has 1 atom stereocenters. The van der Waals surface area contributed by atoms with Gasteiger partial charge in [-0.1, -0.05) is 72.9 Å². The molecule has 27 heavy (non-hydrogen) atoms. The van der Waals surface area contributed by atoms with Crippen LogP contribution in [0.15, 0.2) is 48.6 Å². The van der Waals surface area contributed by atoms with Gasteiger partial charge < -0.3 is 29.9 Å². The van der Waals surface area contributed by atoms with Crippen molar-refractivity contribution in [3.05, 3.63) is 54.1 Å². The number of aromatic hydroxyl groups is 1. The van der Waals surface area contributed by atoms with Gasteiger partial charge in [-0.15, -0.1) is 33.5 Å². The number of phenols is 1. The fraction of sp³-hybridized carbons (Fsp3) is 0.227. The third-order valence-corrected chi connectivity index (χ3v) is 10.4. The quantitative estimate of drug-likeness (QED) is 0.356. The van der Waals surface area contributed by atoms with Crippen molar-refractivity contribution in [3.8, 4) is 5.75 Å². The van der Waals surface area contributed by atoms with Crippen molar-refractivity contribution in [3.63, 3.8) is 0 Å². The van der Waals surface area contributed by atoms with Gasteiger partial charge in [-0.2, -0.15) is 0 Å². The SMILES string of the molecule is CCC[Si]1(C)c2c(O)c(C3=CC=CC3)c3c([cH-]c4ccccc43)c21.[Cl-].[Cl-].[Zr+3]. The summed E-state index contributed by atoms with van der Waals surface area (Å²) in [6.45, 7) is 4.69. The van der Waals surface area contributed by atoms with Crippen molar-refractivity contribution >= 4 is 45.6 Å². The van der Waals surface area contributed by atoms with E-state index in [4.69, 9.17) is 0 Å². The second kappa shape index (κ2) is 7.95. The Hall–Kier alpha value is -0.730. The van der Waals surface area contributed by atoms with Crippen LogP contribution in [0.3, 0.4) is 0 Å². The Morgan fingerprint density at radius 3 is 2.56 bits per heavy atom. The summed E-state index contributed by atoms with van der Waals surface area (Å²) in [7, 11) is -1.60. The van der Waals surface area contributed by atoms with Crippen molar-refractivity contribution in [1.82, 2.24) is 0 Å². The van der Waals surface area contributed by atoms with Crippen LogP contribution in [0.1, 0.15) is 25.3 Å². The van der Waals surface area contributed by atoms with E-state index in [1.165, 1.54) is 50.0 Å². The van der Waals surface area contributed by atoms with Crippen molar-refractivity contribution in [2.75, 3.05) is 0 Å². The third kappa shape index (κ3) is 3.02. The maximum atomic E-state index is 11.2. The molecule has 1 N–H and O–H groups in total. The van der Waals surface area contributed by atoms with E-state index in [1.54, 1.807) is 0 Å². The number of fused-ring (bicyclic) bond motifs is 5. The van der Waals surface area contributed by atoms with Crippen LogP contribution in [-0.2, 0) is 26.2 Å². The van der Waals surface area contributed by atoms with Gasteiger partial charge in [0.05, 0.1) is 8.07 Å². The standard InChI is InChI=1S/C22H21OSi.2ClH.Zr/c1-3-12-24(2)21-17-13-15-10-6-7-11-16(15)19(17)18(20(23)22(21)24)14-8-4-5-9-14;;;/h4-8,10-11,13,23H,3,9,12H2,1-2H3;2*1H;/q-1;;;+3/p-2. The van der Waals surface area contributed by atoms with Crippen molar-refractivity contribution in [2.45, 2.75) is 32.4 Å². The Morgan fingerprint density at radius 1 is 1.15 bits per heavy atom. The van der Waals surface area contributed by atoms with Gasteiger partial charge in [0, 0.05) is 0 Å². The van der Waals surface area contributed by atoms with Crippen molar-refractivity contribution < 1.29 is 56.1 Å². The first-order valence-electron chi connectivity index (χ1n) is 8.91. The molecule has 137 valence electrons. The Bertz CT molecular complexity index is 1080. The van der Waals surface area contributed by atoms with Crippen LogP contribution in [0, 0.1) is 0 Å². The number of allylic oxidation sites excluding steroid dienone is 4. The average molecular weight is 492 g/mol. The molecule has 0 fully saturated rings. The summed E-state index contributed by atoms with van der Waals surface area (Å²) in [5, 5.41) is 19.3. The fourth-order valence-electron chi connectivity index (χ4n) is 4.85. The van der Waals surface area contributed by atoms with Crippen molar-refractivity contribution in [2.24, 2.45) is 0 Å². The molecule has 1 radical (unpaired) electrons. The van der Waals surface area contributed by atoms with Gasteiger partial charge in [0.1, 0.15) is 5.75 Å². The number of hydrogen-bond donors (Lipinski definition) is 1. The van der Waals surface area contributed by atoms with E-state index >= 15 is 0 Å². The predicted octanol–water partition coefficient (Wildman–Crippen LogP) is -1.32. The molecular formula is C22H21Cl2OSiZr. The fourth-order valence-corrected chi connectivity index (χ4v) is 9.51. The Labute approximate surface area is 192 Å². The molecule has 0 aromatic heterocycles. The van der Waals surface area contributed by atoms with Crippen LogP contribution < -0.4 is 35.2 Å². The number of halogens is 2. The molecule has 1 nitrogen and oxygen atoms in total. The molecule has 1 aliphatic heterocycles. The topological polar surface area (TPSA) is 20.2 Å². The summed E-state index contributed by atoms with van der Waals surface area (Å²) in [5.74, 6) is 0.589. The Morgan fingerprint density at radius 2 is 1.89 bits per heavy atom. The molecule has 0 saturated heterocycles. The predicted molar refractivity (Wildman–Crippen MR) is 106 cm³/mol. The second-order valence-electron chi connectivity index (χ2n) is 7.40. The normalized spacial score (nSPS) is 19.1. The zero-order chi connectivity index (χ0) is 16.5. The minimum absolute atomic E-state index is 0. The molecule has 0 bridgehead atoms. The van der Waals surface area contributed by atoms with E-state index < -0.39 is 8.07 Å². The van der Waals surface area contributed by atoms with Crippen LogP contribution in [-0.4, -0.2) is 13.2 Å². The molecule has 2 aliphatic rings. The molecule has 1 aliphatic carbocycles. The summed E-state index contributed by atoms with van der Waals surface area (Å²) in [4.78, 5) is 0. The summed E-state index contributed by atoms with van der Waals surface area (Å²) in [5.41, 5.74) is 2.36. The molecule has 1 heterocycles. The van der Waals surface area contributed by atoms with Gasteiger partial charge >= 0.3 is 26.2 Å². The number of phenolic OH excluding ortho intramolecular Hbond substituents is 1. The molecule has 0 amide bonds. The Balaban J connectivity index is 0.000000871. The van der Waals surface area contributed by atoms with E-state index in [1.807, 2.05) is 0 Å². The Kier molecular flexibility index (Phi) is 6.64. The van der Waals surface area contributed by atoms with Gasteiger partial charge in [-0.3, -0.25) is 0 Å². The molecule has 3 aromatic rings. The minimum Gasteiger partial charge on any atom is -1.00 e. The molecule has 1 unspecified atom stereocenters. The van der Waals surface area contributed by atoms with E-state index in [-0.39, 0.29) is 51.0 Å². The van der Waals surface area contributed by atoms with Crippen LogP contribution >= 0.6 is 0 Å². The minimum atomic E-state index is -1.60. The molecular weight excluding hydrogens is 470 g/mol. The largest absolute Gasteiger partial charge is 3.00 e. The van der Waals surface area contributed by atoms with E-state index in [9.17, 15) is 5.11 Å². The zero-order valence-corrected chi connectivity index (χ0v) is 20.4. The first-order valence-corrected chi connectivity index (χ1v) is 11.6. The van der Waals surface area contributed by atoms with Crippen molar-refractivity contribution in [1.29, 1.82) is 0 Å². The molecule has 3 aromatic carbocycles. The smallest absolute Gasteiger partial charge is 1.00 e. The summed E-state index contributed by atoms with van der Waals surface area (Å²) >= 11 is 0. The molecule has 5 heteroatoms. The molecule has 5 rings (SSSR count). The van der Waals surface area contributed by atoms with Crippen LogP contribution in [0.25, 0.3) is 27.1 Å². The van der Waals surface area contributed by atoms with Gasteiger partial charge in [-0.05, 0) is 17.6 Å². The first kappa shape index (κ1) is 22.6. The van der Waals surface area contributed by atoms with E-state index in [0.717, 1.165) is 12.0 Å². The first-order chi connectivity index (χ1) is 11.7. The average Bonchev–Trinajstić information content (AvgIpc) is 2.97. The van der Waals surface area contributed by atoms with Crippen LogP contribution in [0.2, 0.25) is 12.6 Å². The molecule has 0 saturated carbocycles. The van der Waals surface area contributed by atoms with Gasteiger partial charge in [0.15, 0.2) is 0 Å². The molecule has 0 spiro atoms. The zero-order valence-electron chi connectivity index (χ0n) is 15.4. The van der Waals surface area contributed by atoms with E-state index in [0.29, 0.717) is 5.75 Å². The summed E-state index contributed by atoms with van der Waals surface area (Å²) in [6, 6.07) is 12.2. The maximum absolute atomic E-state index is 11.2. The van der Waals surface area contributed by atoms with Crippen LogP contribution in [0.4, 0.5) is 0 Å². The van der Waals surface area contributed by atoms with Crippen LogP contribution in [0.5, 0.6) is 5.75 Å². The van der Waals surface area contributed by atoms with Gasteiger partial charge in [0.2, 0.25) is 0 Å². The number of benzene rings is 2. The maximum Gasteiger partial charge on any atom is 3.00 e. The summed E-state index contributed by atoms with van der Waals surface area (Å²) in [6.07, 6.45) is 8.58. The summed E-state index contributed by atoms with van der Waals surface area (Å²) < 4.78 is 0. The van der Waals surface area contributed by atoms with E-state index in [2.05, 4.69) is 62.0 Å². The monoisotopic (exact) mass is 489 g/mol. The third-order valence-electron chi connectivity index (χ3n) is 5.93. The number of hydrogen-bond acceptors (Lipinski definition) is 1. The van der Waals surface area contributed by atoms with Gasteiger partial charge in [-0.25, -0.2) is 0 Å². The number of rotatable bonds is 3. The van der Waals surface area contributed by atoms with Gasteiger partial charge in [0.25, 0.3) is 0 Å².